The van der Waals surface area contributed by atoms with Crippen LogP contribution in [-0.4, -0.2) is 69.9 Å². The Balaban J connectivity index is 1.92. The first-order valence-electron chi connectivity index (χ1n) is 9.95. The van der Waals surface area contributed by atoms with Crippen LogP contribution in [0.15, 0.2) is 41.3 Å². The maximum Gasteiger partial charge on any atom is 0.293 e. The second kappa shape index (κ2) is 9.21. The number of ether oxygens (including phenoxy) is 1. The zero-order chi connectivity index (χ0) is 22.8. The maximum absolute atomic E-state index is 13.0. The minimum absolute atomic E-state index is 0.0611. The van der Waals surface area contributed by atoms with Crippen molar-refractivity contribution in [3.05, 3.63) is 57.6 Å². The molecule has 0 saturated carbocycles. The first-order valence-corrected chi connectivity index (χ1v) is 11.4. The van der Waals surface area contributed by atoms with E-state index in [1.165, 1.54) is 16.4 Å². The number of piperazine rings is 1. The predicted molar refractivity (Wildman–Crippen MR) is 119 cm³/mol. The van der Waals surface area contributed by atoms with Gasteiger partial charge >= 0.3 is 0 Å². The fraction of sp³-hybridized carbons (Fsp3) is 0.429. The summed E-state index contributed by atoms with van der Waals surface area (Å²) in [6.07, 6.45) is 0. The molecule has 1 aliphatic heterocycles. The fourth-order valence-corrected chi connectivity index (χ4v) is 5.12. The summed E-state index contributed by atoms with van der Waals surface area (Å²) in [5.41, 5.74) is 2.02. The molecule has 0 radical (unpaired) electrons. The molecule has 31 heavy (non-hydrogen) atoms. The Morgan fingerprint density at radius 1 is 1.13 bits per heavy atom. The number of likely N-dealkylation sites (N-methyl/N-ethyl adjacent to an activating group) is 1. The lowest BCUT2D eigenvalue weighted by Crippen LogP contribution is -2.47. The highest BCUT2D eigenvalue weighted by atomic mass is 32.2. The van der Waals surface area contributed by atoms with E-state index in [1.54, 1.807) is 19.1 Å². The molecule has 0 amide bonds. The highest BCUT2D eigenvalue weighted by Gasteiger charge is 2.30. The topological polar surface area (TPSA) is 96.2 Å². The average molecular weight is 449 g/mol. The fourth-order valence-electron chi connectivity index (χ4n) is 3.68. The van der Waals surface area contributed by atoms with Crippen molar-refractivity contribution in [1.29, 1.82) is 0 Å². The number of hydrogen-bond acceptors (Lipinski definition) is 7. The van der Waals surface area contributed by atoms with Crippen LogP contribution < -0.4 is 9.64 Å². The Labute approximate surface area is 183 Å². The van der Waals surface area contributed by atoms with Crippen LogP contribution >= 0.6 is 0 Å². The molecule has 9 nitrogen and oxygen atoms in total. The molecule has 0 aliphatic carbocycles. The van der Waals surface area contributed by atoms with E-state index < -0.39 is 14.9 Å². The number of hydrogen-bond donors (Lipinski definition) is 0. The lowest BCUT2D eigenvalue weighted by molar-refractivity contribution is -0.384. The Morgan fingerprint density at radius 2 is 1.81 bits per heavy atom. The van der Waals surface area contributed by atoms with Gasteiger partial charge in [0.15, 0.2) is 0 Å². The largest absolute Gasteiger partial charge is 0.496 e. The molecule has 0 spiro atoms. The number of nitro benzene ring substituents is 1. The van der Waals surface area contributed by atoms with Crippen LogP contribution in [0.4, 0.5) is 11.4 Å². The summed E-state index contributed by atoms with van der Waals surface area (Å²) in [6.45, 7) is 4.31. The summed E-state index contributed by atoms with van der Waals surface area (Å²) in [7, 11) is 1.45. The molecule has 2 aromatic carbocycles. The summed E-state index contributed by atoms with van der Waals surface area (Å²) < 4.78 is 32.8. The molecule has 1 heterocycles. The van der Waals surface area contributed by atoms with Crippen molar-refractivity contribution in [2.24, 2.45) is 0 Å². The molecule has 0 aromatic heterocycles. The number of aryl methyl sites for hydroxylation is 1. The van der Waals surface area contributed by atoms with Crippen molar-refractivity contribution in [2.75, 3.05) is 52.3 Å². The summed E-state index contributed by atoms with van der Waals surface area (Å²) in [6, 6.07) is 9.87. The van der Waals surface area contributed by atoms with Crippen molar-refractivity contribution in [1.82, 2.24) is 9.21 Å². The smallest absolute Gasteiger partial charge is 0.293 e. The van der Waals surface area contributed by atoms with E-state index >= 15 is 0 Å². The second-order valence-electron chi connectivity index (χ2n) is 7.79. The summed E-state index contributed by atoms with van der Waals surface area (Å²) in [5.74, 6) is 0.689. The molecule has 1 saturated heterocycles. The van der Waals surface area contributed by atoms with E-state index in [0.29, 0.717) is 44.2 Å². The lowest BCUT2D eigenvalue weighted by Gasteiger charge is -2.31. The third-order valence-corrected chi connectivity index (χ3v) is 7.39. The van der Waals surface area contributed by atoms with Gasteiger partial charge in [-0.2, -0.15) is 4.31 Å². The molecule has 0 bridgehead atoms. The Morgan fingerprint density at radius 3 is 2.42 bits per heavy atom. The molecular formula is C21H28N4O5S. The van der Waals surface area contributed by atoms with Crippen LogP contribution in [0.25, 0.3) is 0 Å². The van der Waals surface area contributed by atoms with Crippen LogP contribution in [-0.2, 0) is 16.6 Å². The van der Waals surface area contributed by atoms with Crippen LogP contribution in [0.3, 0.4) is 0 Å². The van der Waals surface area contributed by atoms with Gasteiger partial charge in [-0.3, -0.25) is 10.1 Å². The van der Waals surface area contributed by atoms with Gasteiger partial charge < -0.3 is 14.5 Å². The van der Waals surface area contributed by atoms with Gasteiger partial charge in [0, 0.05) is 51.4 Å². The van der Waals surface area contributed by atoms with E-state index in [9.17, 15) is 18.5 Å². The molecule has 10 heteroatoms. The quantitative estimate of drug-likeness (QED) is 0.474. The monoisotopic (exact) mass is 448 g/mol. The molecule has 0 atom stereocenters. The van der Waals surface area contributed by atoms with Crippen LogP contribution in [0.2, 0.25) is 0 Å². The van der Waals surface area contributed by atoms with Gasteiger partial charge in [0.05, 0.1) is 16.9 Å². The molecule has 0 N–H and O–H groups in total. The van der Waals surface area contributed by atoms with E-state index in [4.69, 9.17) is 4.74 Å². The maximum atomic E-state index is 13.0. The Kier molecular flexibility index (Phi) is 6.83. The van der Waals surface area contributed by atoms with Gasteiger partial charge in [-0.15, -0.1) is 0 Å². The van der Waals surface area contributed by atoms with E-state index in [1.807, 2.05) is 37.1 Å². The van der Waals surface area contributed by atoms with Crippen molar-refractivity contribution >= 4 is 21.4 Å². The normalized spacial score (nSPS) is 15.6. The van der Waals surface area contributed by atoms with Crippen LogP contribution in [0.5, 0.6) is 5.75 Å². The number of methoxy groups -OCH3 is 1. The van der Waals surface area contributed by atoms with Gasteiger partial charge in [0.2, 0.25) is 10.0 Å². The van der Waals surface area contributed by atoms with Crippen molar-refractivity contribution in [3.63, 3.8) is 0 Å². The SMILES string of the molecule is COc1ccc(C)cc1CN(C)c1ccc(S(=O)(=O)N2CCN(C)CC2)cc1[N+](=O)[O-]. The van der Waals surface area contributed by atoms with Gasteiger partial charge in [-0.1, -0.05) is 17.7 Å². The standard InChI is InChI=1S/C21H28N4O5S/c1-16-5-8-21(30-4)17(13-16)15-23(3)19-7-6-18(14-20(19)25(26)27)31(28,29)24-11-9-22(2)10-12-24/h5-8,13-14H,9-12,15H2,1-4H3. The van der Waals surface area contributed by atoms with Crippen molar-refractivity contribution < 1.29 is 18.1 Å². The minimum atomic E-state index is -3.80. The summed E-state index contributed by atoms with van der Waals surface area (Å²) in [5, 5.41) is 11.8. The zero-order valence-electron chi connectivity index (χ0n) is 18.2. The van der Waals surface area contributed by atoms with E-state index in [2.05, 4.69) is 0 Å². The summed E-state index contributed by atoms with van der Waals surface area (Å²) in [4.78, 5) is 15.0. The molecule has 168 valence electrons. The number of rotatable bonds is 7. The predicted octanol–water partition coefficient (Wildman–Crippen LogP) is 2.48. The Hall–Kier alpha value is -2.69. The van der Waals surface area contributed by atoms with Gasteiger partial charge in [0.25, 0.3) is 5.69 Å². The van der Waals surface area contributed by atoms with E-state index in [-0.39, 0.29) is 10.6 Å². The minimum Gasteiger partial charge on any atom is -0.496 e. The average Bonchev–Trinajstić information content (AvgIpc) is 2.73. The first-order chi connectivity index (χ1) is 14.6. The van der Waals surface area contributed by atoms with Crippen molar-refractivity contribution in [3.8, 4) is 5.75 Å². The number of benzene rings is 2. The van der Waals surface area contributed by atoms with Gasteiger partial charge in [0.1, 0.15) is 11.4 Å². The number of nitro groups is 1. The molecule has 1 aliphatic rings. The third kappa shape index (κ3) is 4.97. The van der Waals surface area contributed by atoms with Crippen molar-refractivity contribution in [2.45, 2.75) is 18.4 Å². The number of sulfonamides is 1. The lowest BCUT2D eigenvalue weighted by atomic mass is 10.1. The highest BCUT2D eigenvalue weighted by molar-refractivity contribution is 7.89. The second-order valence-corrected chi connectivity index (χ2v) is 9.72. The highest BCUT2D eigenvalue weighted by Crippen LogP contribution is 2.33. The molecule has 0 unspecified atom stereocenters. The summed E-state index contributed by atoms with van der Waals surface area (Å²) >= 11 is 0. The first kappa shape index (κ1) is 23.0. The number of nitrogens with zero attached hydrogens (tertiary/aromatic N) is 4. The number of anilines is 1. The van der Waals surface area contributed by atoms with Crippen LogP contribution in [0, 0.1) is 17.0 Å². The Bertz CT molecular complexity index is 1070. The van der Waals surface area contributed by atoms with Gasteiger partial charge in [-0.25, -0.2) is 8.42 Å². The zero-order valence-corrected chi connectivity index (χ0v) is 19.1. The molecule has 1 fully saturated rings. The molecule has 2 aromatic rings. The van der Waals surface area contributed by atoms with Crippen LogP contribution in [0.1, 0.15) is 11.1 Å². The van der Waals surface area contributed by atoms with Gasteiger partial charge in [-0.05, 0) is 32.2 Å². The third-order valence-electron chi connectivity index (χ3n) is 5.50. The molecular weight excluding hydrogens is 420 g/mol. The van der Waals surface area contributed by atoms with E-state index in [0.717, 1.165) is 17.2 Å². The molecule has 3 rings (SSSR count).